The van der Waals surface area contributed by atoms with Gasteiger partial charge in [0.25, 0.3) is 5.91 Å². The van der Waals surface area contributed by atoms with Gasteiger partial charge in [0.1, 0.15) is 11.8 Å². The number of hydrogen-bond donors (Lipinski definition) is 2. The monoisotopic (exact) mass is 411 g/mol. The highest BCUT2D eigenvalue weighted by Crippen LogP contribution is 2.29. The molecule has 0 aliphatic carbocycles. The summed E-state index contributed by atoms with van der Waals surface area (Å²) in [5.74, 6) is -0.802. The van der Waals surface area contributed by atoms with Gasteiger partial charge < -0.3 is 15.0 Å². The molecule has 152 valence electrons. The van der Waals surface area contributed by atoms with E-state index >= 15 is 0 Å². The minimum atomic E-state index is -1.04. The first-order valence-electron chi connectivity index (χ1n) is 9.68. The predicted molar refractivity (Wildman–Crippen MR) is 117 cm³/mol. The van der Waals surface area contributed by atoms with Crippen molar-refractivity contribution >= 4 is 50.4 Å². The van der Waals surface area contributed by atoms with E-state index < -0.39 is 18.0 Å². The maximum atomic E-state index is 13.2. The second-order valence-corrected chi connectivity index (χ2v) is 7.05. The number of amides is 1. The lowest BCUT2D eigenvalue weighted by Gasteiger charge is -2.16. The number of aromatic amines is 1. The van der Waals surface area contributed by atoms with Gasteiger partial charge in [-0.2, -0.15) is 0 Å². The fourth-order valence-corrected chi connectivity index (χ4v) is 3.58. The lowest BCUT2D eigenvalue weighted by molar-refractivity contribution is -0.123. The molecular formula is C23H17N5O3. The molecule has 8 heteroatoms. The molecular weight excluding hydrogens is 394 g/mol. The van der Waals surface area contributed by atoms with E-state index in [-0.39, 0.29) is 5.82 Å². The van der Waals surface area contributed by atoms with Crippen molar-refractivity contribution in [3.63, 3.8) is 0 Å². The highest BCUT2D eigenvalue weighted by Gasteiger charge is 2.23. The van der Waals surface area contributed by atoms with Crippen LogP contribution >= 0.6 is 0 Å². The first-order chi connectivity index (χ1) is 15.1. The molecule has 0 aliphatic rings. The Morgan fingerprint density at radius 2 is 1.65 bits per heavy atom. The third-order valence-corrected chi connectivity index (χ3v) is 5.09. The minimum absolute atomic E-state index is 0.269. The standard InChI is InChI=1S/C23H17N5O3/c1-13(22(29)28-21-19-20(25-11-24-19)26-12-27-21)31-23(30)18-16-8-4-2-6-14(16)10-15-7-3-5-9-17(15)18/h2-13H,1H3,(H2,24,25,26,27,28,29). The maximum Gasteiger partial charge on any atom is 0.340 e. The van der Waals surface area contributed by atoms with E-state index in [1.165, 1.54) is 19.6 Å². The summed E-state index contributed by atoms with van der Waals surface area (Å²) in [5.41, 5.74) is 1.36. The van der Waals surface area contributed by atoms with Gasteiger partial charge in [-0.25, -0.2) is 19.7 Å². The van der Waals surface area contributed by atoms with Crippen molar-refractivity contribution < 1.29 is 14.3 Å². The molecule has 0 aliphatic heterocycles. The fraction of sp³-hybridized carbons (Fsp3) is 0.0870. The lowest BCUT2D eigenvalue weighted by atomic mass is 9.97. The molecule has 3 aromatic carbocycles. The Kier molecular flexibility index (Phi) is 4.51. The molecule has 1 atom stereocenters. The average Bonchev–Trinajstić information content (AvgIpc) is 3.27. The number of carbonyl (C=O) groups excluding carboxylic acids is 2. The van der Waals surface area contributed by atoms with E-state index in [0.717, 1.165) is 21.5 Å². The molecule has 5 aromatic rings. The van der Waals surface area contributed by atoms with Crippen molar-refractivity contribution in [2.24, 2.45) is 0 Å². The third kappa shape index (κ3) is 3.33. The van der Waals surface area contributed by atoms with Crippen LogP contribution in [0, 0.1) is 0 Å². The van der Waals surface area contributed by atoms with E-state index in [1.807, 2.05) is 54.6 Å². The number of rotatable bonds is 4. The Bertz CT molecular complexity index is 1410. The Balaban J connectivity index is 1.45. The number of hydrogen-bond acceptors (Lipinski definition) is 6. The van der Waals surface area contributed by atoms with Crippen LogP contribution in [0.4, 0.5) is 5.82 Å². The van der Waals surface area contributed by atoms with Crippen molar-refractivity contribution in [3.8, 4) is 0 Å². The Hall–Kier alpha value is -4.33. The van der Waals surface area contributed by atoms with Gasteiger partial charge in [-0.15, -0.1) is 0 Å². The smallest absolute Gasteiger partial charge is 0.340 e. The largest absolute Gasteiger partial charge is 0.449 e. The van der Waals surface area contributed by atoms with Crippen LogP contribution in [0.3, 0.4) is 0 Å². The summed E-state index contributed by atoms with van der Waals surface area (Å²) in [6.07, 6.45) is 1.72. The summed E-state index contributed by atoms with van der Waals surface area (Å²) < 4.78 is 5.56. The van der Waals surface area contributed by atoms with E-state index in [0.29, 0.717) is 16.7 Å². The molecule has 31 heavy (non-hydrogen) atoms. The minimum Gasteiger partial charge on any atom is -0.449 e. The van der Waals surface area contributed by atoms with Gasteiger partial charge in [-0.05, 0) is 34.5 Å². The zero-order valence-electron chi connectivity index (χ0n) is 16.5. The van der Waals surface area contributed by atoms with Gasteiger partial charge >= 0.3 is 5.97 Å². The van der Waals surface area contributed by atoms with Crippen LogP contribution in [0.1, 0.15) is 17.3 Å². The summed E-state index contributed by atoms with van der Waals surface area (Å²) in [5, 5.41) is 6.06. The van der Waals surface area contributed by atoms with Gasteiger partial charge in [0.15, 0.2) is 17.6 Å². The highest BCUT2D eigenvalue weighted by atomic mass is 16.5. The van der Waals surface area contributed by atoms with Gasteiger partial charge in [-0.1, -0.05) is 48.5 Å². The number of aromatic nitrogens is 4. The van der Waals surface area contributed by atoms with Gasteiger partial charge in [0.05, 0.1) is 11.9 Å². The SMILES string of the molecule is CC(OC(=O)c1c2ccccc2cc2ccccc12)C(=O)Nc1ncnc2nc[nH]c12. The number of ether oxygens (including phenoxy) is 1. The van der Waals surface area contributed by atoms with Gasteiger partial charge in [0.2, 0.25) is 0 Å². The quantitative estimate of drug-likeness (QED) is 0.343. The summed E-state index contributed by atoms with van der Waals surface area (Å²) >= 11 is 0. The molecule has 0 radical (unpaired) electrons. The van der Waals surface area contributed by atoms with Crippen molar-refractivity contribution in [1.82, 2.24) is 19.9 Å². The summed E-state index contributed by atoms with van der Waals surface area (Å²) in [6.45, 7) is 1.52. The molecule has 1 unspecified atom stereocenters. The summed E-state index contributed by atoms with van der Waals surface area (Å²) in [6, 6.07) is 17.2. The number of H-pyrrole nitrogens is 1. The second kappa shape index (κ2) is 7.49. The molecule has 1 amide bonds. The van der Waals surface area contributed by atoms with Crippen LogP contribution in [-0.2, 0) is 9.53 Å². The number of carbonyl (C=O) groups is 2. The molecule has 0 saturated carbocycles. The number of anilines is 1. The Labute approximate surface area is 176 Å². The van der Waals surface area contributed by atoms with Crippen LogP contribution in [-0.4, -0.2) is 37.9 Å². The fourth-order valence-electron chi connectivity index (χ4n) is 3.58. The second-order valence-electron chi connectivity index (χ2n) is 7.05. The topological polar surface area (TPSA) is 110 Å². The molecule has 5 rings (SSSR count). The number of esters is 1. The summed E-state index contributed by atoms with van der Waals surface area (Å²) in [7, 11) is 0. The number of nitrogens with one attached hydrogen (secondary N) is 2. The van der Waals surface area contributed by atoms with Crippen molar-refractivity contribution in [3.05, 3.63) is 72.8 Å². The normalized spacial score (nSPS) is 12.2. The molecule has 0 spiro atoms. The molecule has 2 aromatic heterocycles. The van der Waals surface area contributed by atoms with E-state index in [9.17, 15) is 9.59 Å². The van der Waals surface area contributed by atoms with Gasteiger partial charge in [-0.3, -0.25) is 4.79 Å². The molecule has 0 bridgehead atoms. The Morgan fingerprint density at radius 1 is 0.968 bits per heavy atom. The number of fused-ring (bicyclic) bond motifs is 3. The van der Waals surface area contributed by atoms with Crippen LogP contribution in [0.25, 0.3) is 32.7 Å². The molecule has 2 heterocycles. The lowest BCUT2D eigenvalue weighted by Crippen LogP contribution is -2.30. The van der Waals surface area contributed by atoms with Crippen molar-refractivity contribution in [2.75, 3.05) is 5.32 Å². The highest BCUT2D eigenvalue weighted by molar-refractivity contribution is 6.17. The average molecular weight is 411 g/mol. The molecule has 0 saturated heterocycles. The van der Waals surface area contributed by atoms with Crippen molar-refractivity contribution in [2.45, 2.75) is 13.0 Å². The zero-order chi connectivity index (χ0) is 21.4. The van der Waals surface area contributed by atoms with Crippen LogP contribution in [0.15, 0.2) is 67.3 Å². The third-order valence-electron chi connectivity index (χ3n) is 5.09. The van der Waals surface area contributed by atoms with Crippen LogP contribution in [0.5, 0.6) is 0 Å². The van der Waals surface area contributed by atoms with Crippen molar-refractivity contribution in [1.29, 1.82) is 0 Å². The molecule has 2 N–H and O–H groups in total. The maximum absolute atomic E-state index is 13.2. The summed E-state index contributed by atoms with van der Waals surface area (Å²) in [4.78, 5) is 40.8. The Morgan fingerprint density at radius 3 is 2.35 bits per heavy atom. The van der Waals surface area contributed by atoms with Gasteiger partial charge in [0, 0.05) is 0 Å². The first-order valence-corrected chi connectivity index (χ1v) is 9.68. The molecule has 8 nitrogen and oxygen atoms in total. The zero-order valence-corrected chi connectivity index (χ0v) is 16.5. The van der Waals surface area contributed by atoms with Crippen LogP contribution in [0.2, 0.25) is 0 Å². The van der Waals surface area contributed by atoms with Crippen LogP contribution < -0.4 is 5.32 Å². The molecule has 0 fully saturated rings. The number of nitrogens with zero attached hydrogens (tertiary/aromatic N) is 3. The van der Waals surface area contributed by atoms with E-state index in [4.69, 9.17) is 4.74 Å². The predicted octanol–water partition coefficient (Wildman–Crippen LogP) is 3.84. The van der Waals surface area contributed by atoms with E-state index in [2.05, 4.69) is 25.3 Å². The van der Waals surface area contributed by atoms with E-state index in [1.54, 1.807) is 0 Å². The first kappa shape index (κ1) is 18.7. The number of imidazole rings is 1. The number of benzene rings is 3.